The van der Waals surface area contributed by atoms with E-state index in [1.54, 1.807) is 18.7 Å². The molecule has 0 unspecified atom stereocenters. The Morgan fingerprint density at radius 1 is 1.44 bits per heavy atom. The Kier molecular flexibility index (Phi) is 6.51. The quantitative estimate of drug-likeness (QED) is 0.292. The number of aryl methyl sites for hydroxylation is 1. The summed E-state index contributed by atoms with van der Waals surface area (Å²) in [6.45, 7) is 1.59. The number of amides is 1. The molecule has 1 N–H and O–H groups in total. The molecule has 1 saturated heterocycles. The Labute approximate surface area is 203 Å². The number of hydrogen-bond acceptors (Lipinski definition) is 8. The zero-order valence-corrected chi connectivity index (χ0v) is 19.5. The molecule has 27 heavy (non-hydrogen) atoms. The molecular formula is C16H20KN5O4S. The smallest absolute Gasteiger partial charge is 0.543 e. The van der Waals surface area contributed by atoms with Gasteiger partial charge in [-0.05, 0) is 41.7 Å². The van der Waals surface area contributed by atoms with Crippen LogP contribution in [0, 0.1) is 17.8 Å². The molecule has 1 aromatic heterocycles. The van der Waals surface area contributed by atoms with E-state index in [-0.39, 0.29) is 80.9 Å². The van der Waals surface area contributed by atoms with Crippen LogP contribution in [-0.2, 0) is 16.6 Å². The summed E-state index contributed by atoms with van der Waals surface area (Å²) in [6, 6.07) is -0.255. The van der Waals surface area contributed by atoms with Gasteiger partial charge in [0.25, 0.3) is 0 Å². The van der Waals surface area contributed by atoms with Crippen LogP contribution < -0.4 is 56.5 Å². The van der Waals surface area contributed by atoms with Crippen molar-refractivity contribution in [1.82, 2.24) is 25.1 Å². The number of aromatic nitrogens is 4. The Bertz CT molecular complexity index is 798. The van der Waals surface area contributed by atoms with Crippen molar-refractivity contribution in [2.75, 3.05) is 5.75 Å². The molecule has 140 valence electrons. The third-order valence-corrected chi connectivity index (χ3v) is 6.90. The van der Waals surface area contributed by atoms with Gasteiger partial charge in [-0.2, -0.15) is 0 Å². The van der Waals surface area contributed by atoms with E-state index >= 15 is 0 Å². The summed E-state index contributed by atoms with van der Waals surface area (Å²) in [5.74, 6) is -1.49. The van der Waals surface area contributed by atoms with Crippen LogP contribution in [0.5, 0.6) is 0 Å². The van der Waals surface area contributed by atoms with Gasteiger partial charge in [0.2, 0.25) is 11.1 Å². The number of carbonyl (C=O) groups excluding carboxylic acids is 2. The van der Waals surface area contributed by atoms with Gasteiger partial charge in [0.05, 0.1) is 29.7 Å². The minimum atomic E-state index is -1.30. The SMILES string of the molecule is C[C@@H](O)[C@H]1C(=O)N2C(C(=O)[O-])=C3[C@@H](CSc4nnnn4C)CCC[C@@H]3[C@H]12.[K+]. The first kappa shape index (κ1) is 21.4. The maximum atomic E-state index is 12.4. The number of aliphatic hydroxyl groups is 1. The first-order chi connectivity index (χ1) is 12.4. The van der Waals surface area contributed by atoms with Crippen LogP contribution in [0.3, 0.4) is 0 Å². The number of β-lactam (4-membered cyclic amide) rings is 1. The van der Waals surface area contributed by atoms with E-state index < -0.39 is 18.0 Å². The maximum absolute atomic E-state index is 12.4. The second-order valence-electron chi connectivity index (χ2n) is 7.19. The van der Waals surface area contributed by atoms with Crippen LogP contribution in [-0.4, -0.2) is 60.0 Å². The van der Waals surface area contributed by atoms with E-state index in [9.17, 15) is 19.8 Å². The van der Waals surface area contributed by atoms with Crippen molar-refractivity contribution in [2.45, 2.75) is 43.5 Å². The van der Waals surface area contributed by atoms with Gasteiger partial charge >= 0.3 is 51.4 Å². The van der Waals surface area contributed by atoms with Crippen LogP contribution in [0.25, 0.3) is 0 Å². The Morgan fingerprint density at radius 3 is 2.78 bits per heavy atom. The van der Waals surface area contributed by atoms with Crippen molar-refractivity contribution in [3.8, 4) is 0 Å². The fraction of sp³-hybridized carbons (Fsp3) is 0.688. The van der Waals surface area contributed by atoms with Gasteiger partial charge in [-0.1, -0.05) is 18.2 Å². The van der Waals surface area contributed by atoms with E-state index in [4.69, 9.17) is 0 Å². The number of carboxylic acid groups (broad SMARTS) is 1. The standard InChI is InChI=1S/C16H21N5O4S.K/c1-7(22)10-12-9-5-3-4-8(6-26-16-17-18-19-20(16)2)11(9)13(15(24)25)21(12)14(10)23;/h7-10,12,22H,3-6H2,1-2H3,(H,24,25);/q;+1/p-1/t7-,8-,9+,10-,12-;/m1./s1. The maximum Gasteiger partial charge on any atom is 1.00 e. The minimum Gasteiger partial charge on any atom is -0.543 e. The van der Waals surface area contributed by atoms with Crippen LogP contribution >= 0.6 is 11.8 Å². The van der Waals surface area contributed by atoms with E-state index in [0.29, 0.717) is 10.9 Å². The number of hydrogen-bond donors (Lipinski definition) is 1. The topological polar surface area (TPSA) is 124 Å². The molecule has 0 bridgehead atoms. The Hall–Kier alpha value is -0.304. The van der Waals surface area contributed by atoms with Gasteiger partial charge in [-0.25, -0.2) is 4.68 Å². The van der Waals surface area contributed by atoms with Crippen molar-refractivity contribution in [3.63, 3.8) is 0 Å². The predicted octanol–water partition coefficient (Wildman–Crippen LogP) is -4.05. The van der Waals surface area contributed by atoms with Crippen LogP contribution in [0.4, 0.5) is 0 Å². The zero-order valence-electron chi connectivity index (χ0n) is 15.5. The molecule has 5 atom stereocenters. The molecule has 0 radical (unpaired) electrons. The summed E-state index contributed by atoms with van der Waals surface area (Å²) in [5, 5.41) is 33.8. The number of aliphatic carboxylic acids is 1. The number of carboxylic acids is 1. The molecule has 1 aliphatic carbocycles. The molecule has 0 aromatic carbocycles. The number of rotatable bonds is 5. The second-order valence-corrected chi connectivity index (χ2v) is 8.17. The van der Waals surface area contributed by atoms with Gasteiger partial charge in [0, 0.05) is 18.7 Å². The van der Waals surface area contributed by atoms with Gasteiger partial charge in [-0.15, -0.1) is 5.10 Å². The van der Waals surface area contributed by atoms with Crippen molar-refractivity contribution < 1.29 is 71.2 Å². The van der Waals surface area contributed by atoms with Crippen molar-refractivity contribution in [3.05, 3.63) is 11.3 Å². The molecule has 4 rings (SSSR count). The summed E-state index contributed by atoms with van der Waals surface area (Å²) in [5.41, 5.74) is 0.837. The average molecular weight is 418 g/mol. The molecule has 2 aliphatic heterocycles. The third kappa shape index (κ3) is 3.45. The summed E-state index contributed by atoms with van der Waals surface area (Å²) in [6.07, 6.45) is 1.86. The fourth-order valence-corrected chi connectivity index (χ4v) is 5.70. The Balaban J connectivity index is 0.00000210. The number of tetrazole rings is 1. The van der Waals surface area contributed by atoms with Gasteiger partial charge in [0.1, 0.15) is 0 Å². The Morgan fingerprint density at radius 2 is 2.19 bits per heavy atom. The van der Waals surface area contributed by atoms with E-state index in [2.05, 4.69) is 15.5 Å². The molecule has 2 fully saturated rings. The van der Waals surface area contributed by atoms with Gasteiger partial charge < -0.3 is 19.9 Å². The van der Waals surface area contributed by atoms with Gasteiger partial charge in [0.15, 0.2) is 0 Å². The fourth-order valence-electron chi connectivity index (χ4n) is 4.68. The van der Waals surface area contributed by atoms with Gasteiger partial charge in [-0.3, -0.25) is 4.79 Å². The van der Waals surface area contributed by atoms with Crippen LogP contribution in [0.2, 0.25) is 0 Å². The molecule has 1 aromatic rings. The summed E-state index contributed by atoms with van der Waals surface area (Å²) in [7, 11) is 1.76. The molecule has 9 nitrogen and oxygen atoms in total. The zero-order chi connectivity index (χ0) is 18.6. The summed E-state index contributed by atoms with van der Waals surface area (Å²) >= 11 is 1.48. The number of fused-ring (bicyclic) bond motifs is 3. The molecule has 11 heteroatoms. The summed E-state index contributed by atoms with van der Waals surface area (Å²) < 4.78 is 1.58. The van der Waals surface area contributed by atoms with Crippen molar-refractivity contribution in [1.29, 1.82) is 0 Å². The molecular weight excluding hydrogens is 397 g/mol. The number of nitrogens with zero attached hydrogens (tertiary/aromatic N) is 5. The molecule has 1 amide bonds. The van der Waals surface area contributed by atoms with E-state index in [0.717, 1.165) is 24.8 Å². The molecule has 3 heterocycles. The molecule has 1 saturated carbocycles. The number of carbonyl (C=O) groups is 2. The molecule has 0 spiro atoms. The van der Waals surface area contributed by atoms with Crippen molar-refractivity contribution >= 4 is 23.6 Å². The molecule has 3 aliphatic rings. The second kappa shape index (κ2) is 8.21. The minimum absolute atomic E-state index is 0. The number of aliphatic hydroxyl groups excluding tert-OH is 1. The first-order valence-corrected chi connectivity index (χ1v) is 9.72. The average Bonchev–Trinajstić information content (AvgIpc) is 3.12. The van der Waals surface area contributed by atoms with Crippen LogP contribution in [0.15, 0.2) is 16.4 Å². The van der Waals surface area contributed by atoms with E-state index in [1.807, 2.05) is 0 Å². The monoisotopic (exact) mass is 417 g/mol. The van der Waals surface area contributed by atoms with Crippen LogP contribution in [0.1, 0.15) is 26.2 Å². The van der Waals surface area contributed by atoms with Crippen molar-refractivity contribution in [2.24, 2.45) is 24.8 Å². The predicted molar refractivity (Wildman–Crippen MR) is 88.2 cm³/mol. The van der Waals surface area contributed by atoms with E-state index in [1.165, 1.54) is 16.7 Å². The largest absolute Gasteiger partial charge is 1.00 e. The first-order valence-electron chi connectivity index (χ1n) is 8.73. The normalized spacial score (nSPS) is 30.3. The summed E-state index contributed by atoms with van der Waals surface area (Å²) in [4.78, 5) is 25.6. The number of thioether (sulfide) groups is 1. The third-order valence-electron chi connectivity index (χ3n) is 5.73.